The lowest BCUT2D eigenvalue weighted by atomic mass is 10.1. The van der Waals surface area contributed by atoms with Crippen molar-refractivity contribution in [3.63, 3.8) is 0 Å². The van der Waals surface area contributed by atoms with Crippen molar-refractivity contribution in [3.8, 4) is 0 Å². The van der Waals surface area contributed by atoms with Crippen LogP contribution in [0.15, 0.2) is 35.7 Å². The monoisotopic (exact) mass is 363 g/mol. The Labute approximate surface area is 149 Å². The standard InChI is InChI=1S/C17H18ClN3O2S/c18-14-11-12(20-16(22)15-3-1-10-24-15)4-5-13(14)17(23)21-8-2-6-19-7-9-21/h1,3-5,10-11,19H,2,6-9H2,(H,20,22). The molecule has 0 bridgehead atoms. The van der Waals surface area contributed by atoms with Crippen LogP contribution in [0.3, 0.4) is 0 Å². The Morgan fingerprint density at radius 3 is 2.83 bits per heavy atom. The van der Waals surface area contributed by atoms with E-state index in [1.54, 1.807) is 24.3 Å². The topological polar surface area (TPSA) is 61.4 Å². The van der Waals surface area contributed by atoms with Gasteiger partial charge in [0.15, 0.2) is 0 Å². The van der Waals surface area contributed by atoms with Gasteiger partial charge in [0.2, 0.25) is 0 Å². The second-order valence-corrected chi connectivity index (χ2v) is 6.88. The first kappa shape index (κ1) is 17.0. The van der Waals surface area contributed by atoms with Crippen LogP contribution in [0.25, 0.3) is 0 Å². The Morgan fingerprint density at radius 2 is 2.08 bits per heavy atom. The molecule has 2 heterocycles. The number of amides is 2. The van der Waals surface area contributed by atoms with Crippen molar-refractivity contribution in [2.24, 2.45) is 0 Å². The molecule has 1 saturated heterocycles. The summed E-state index contributed by atoms with van der Waals surface area (Å²) in [6.07, 6.45) is 0.929. The van der Waals surface area contributed by atoms with Crippen LogP contribution in [-0.4, -0.2) is 42.9 Å². The molecule has 2 N–H and O–H groups in total. The Balaban J connectivity index is 1.72. The molecular weight excluding hydrogens is 346 g/mol. The number of nitrogens with zero attached hydrogens (tertiary/aromatic N) is 1. The van der Waals surface area contributed by atoms with E-state index in [2.05, 4.69) is 10.6 Å². The van der Waals surface area contributed by atoms with Crippen molar-refractivity contribution < 1.29 is 9.59 Å². The van der Waals surface area contributed by atoms with Gasteiger partial charge in [-0.25, -0.2) is 0 Å². The zero-order chi connectivity index (χ0) is 16.9. The maximum Gasteiger partial charge on any atom is 0.265 e. The summed E-state index contributed by atoms with van der Waals surface area (Å²) in [5.74, 6) is -0.251. The van der Waals surface area contributed by atoms with Gasteiger partial charge in [0.25, 0.3) is 11.8 Å². The lowest BCUT2D eigenvalue weighted by Crippen LogP contribution is -2.34. The van der Waals surface area contributed by atoms with Crippen molar-refractivity contribution in [2.45, 2.75) is 6.42 Å². The van der Waals surface area contributed by atoms with Crippen LogP contribution in [0, 0.1) is 0 Å². The third-order valence-corrected chi connectivity index (χ3v) is 5.01. The van der Waals surface area contributed by atoms with Gasteiger partial charge < -0.3 is 15.5 Å². The molecular formula is C17H18ClN3O2S. The number of anilines is 1. The number of halogens is 1. The van der Waals surface area contributed by atoms with Crippen molar-refractivity contribution in [1.29, 1.82) is 0 Å². The van der Waals surface area contributed by atoms with Crippen LogP contribution in [0.2, 0.25) is 5.02 Å². The summed E-state index contributed by atoms with van der Waals surface area (Å²) < 4.78 is 0. The van der Waals surface area contributed by atoms with E-state index in [4.69, 9.17) is 11.6 Å². The molecule has 1 aliphatic rings. The van der Waals surface area contributed by atoms with E-state index in [9.17, 15) is 9.59 Å². The largest absolute Gasteiger partial charge is 0.337 e. The molecule has 1 aromatic carbocycles. The summed E-state index contributed by atoms with van der Waals surface area (Å²) in [6.45, 7) is 3.11. The quantitative estimate of drug-likeness (QED) is 0.880. The molecule has 0 unspecified atom stereocenters. The summed E-state index contributed by atoms with van der Waals surface area (Å²) in [5.41, 5.74) is 1.04. The third-order valence-electron chi connectivity index (χ3n) is 3.83. The molecule has 1 fully saturated rings. The Bertz CT molecular complexity index is 725. The van der Waals surface area contributed by atoms with E-state index in [1.165, 1.54) is 11.3 Å². The Kier molecular flexibility index (Phi) is 5.50. The fraction of sp³-hybridized carbons (Fsp3) is 0.294. The van der Waals surface area contributed by atoms with Crippen molar-refractivity contribution >= 4 is 40.4 Å². The maximum absolute atomic E-state index is 12.6. The highest BCUT2D eigenvalue weighted by molar-refractivity contribution is 7.12. The summed E-state index contributed by atoms with van der Waals surface area (Å²) in [4.78, 5) is 27.1. The lowest BCUT2D eigenvalue weighted by Gasteiger charge is -2.20. The van der Waals surface area contributed by atoms with Crippen molar-refractivity contribution in [1.82, 2.24) is 10.2 Å². The number of benzene rings is 1. The molecule has 24 heavy (non-hydrogen) atoms. The van der Waals surface area contributed by atoms with E-state index >= 15 is 0 Å². The molecule has 1 aliphatic heterocycles. The fourth-order valence-corrected chi connectivity index (χ4v) is 3.47. The zero-order valence-electron chi connectivity index (χ0n) is 13.0. The van der Waals surface area contributed by atoms with E-state index in [-0.39, 0.29) is 11.8 Å². The van der Waals surface area contributed by atoms with E-state index in [0.717, 1.165) is 26.1 Å². The fourth-order valence-electron chi connectivity index (χ4n) is 2.59. The first-order valence-corrected chi connectivity index (χ1v) is 9.05. The van der Waals surface area contributed by atoms with Gasteiger partial charge in [-0.15, -0.1) is 11.3 Å². The zero-order valence-corrected chi connectivity index (χ0v) is 14.6. The molecule has 7 heteroatoms. The van der Waals surface area contributed by atoms with Crippen molar-refractivity contribution in [3.05, 3.63) is 51.2 Å². The second-order valence-electron chi connectivity index (χ2n) is 5.52. The first-order valence-electron chi connectivity index (χ1n) is 7.79. The summed E-state index contributed by atoms with van der Waals surface area (Å²) in [7, 11) is 0. The lowest BCUT2D eigenvalue weighted by molar-refractivity contribution is 0.0766. The molecule has 2 amide bonds. The van der Waals surface area contributed by atoms with Gasteiger partial charge in [0.1, 0.15) is 0 Å². The Morgan fingerprint density at radius 1 is 1.21 bits per heavy atom. The second kappa shape index (κ2) is 7.79. The SMILES string of the molecule is O=C(Nc1ccc(C(=O)N2CCCNCC2)c(Cl)c1)c1cccs1. The summed E-state index contributed by atoms with van der Waals surface area (Å²) in [5, 5.41) is 8.26. The van der Waals surface area contributed by atoms with Gasteiger partial charge in [-0.1, -0.05) is 17.7 Å². The van der Waals surface area contributed by atoms with Crippen LogP contribution in [0.5, 0.6) is 0 Å². The highest BCUT2D eigenvalue weighted by Gasteiger charge is 2.20. The van der Waals surface area contributed by atoms with Gasteiger partial charge in [-0.3, -0.25) is 9.59 Å². The van der Waals surface area contributed by atoms with Crippen LogP contribution >= 0.6 is 22.9 Å². The smallest absolute Gasteiger partial charge is 0.265 e. The predicted octanol–water partition coefficient (Wildman–Crippen LogP) is 3.09. The Hall–Kier alpha value is -1.89. The van der Waals surface area contributed by atoms with E-state index < -0.39 is 0 Å². The van der Waals surface area contributed by atoms with Crippen LogP contribution in [-0.2, 0) is 0 Å². The van der Waals surface area contributed by atoms with Gasteiger partial charge in [-0.05, 0) is 42.6 Å². The highest BCUT2D eigenvalue weighted by atomic mass is 35.5. The van der Waals surface area contributed by atoms with Gasteiger partial charge in [-0.2, -0.15) is 0 Å². The van der Waals surface area contributed by atoms with Crippen molar-refractivity contribution in [2.75, 3.05) is 31.5 Å². The average Bonchev–Trinajstić information content (AvgIpc) is 2.97. The molecule has 0 radical (unpaired) electrons. The number of thiophene rings is 1. The number of hydrogen-bond acceptors (Lipinski definition) is 4. The van der Waals surface area contributed by atoms with E-state index in [1.807, 2.05) is 16.3 Å². The minimum atomic E-state index is -0.182. The number of nitrogens with one attached hydrogen (secondary N) is 2. The maximum atomic E-state index is 12.6. The molecule has 126 valence electrons. The third kappa shape index (κ3) is 3.95. The summed E-state index contributed by atoms with van der Waals surface area (Å²) in [6, 6.07) is 8.58. The van der Waals surface area contributed by atoms with Gasteiger partial charge in [0.05, 0.1) is 15.5 Å². The molecule has 3 rings (SSSR count). The number of carbonyl (C=O) groups is 2. The van der Waals surface area contributed by atoms with Crippen LogP contribution in [0.1, 0.15) is 26.5 Å². The number of hydrogen-bond donors (Lipinski definition) is 2. The normalized spacial score (nSPS) is 15.0. The minimum absolute atomic E-state index is 0.0696. The average molecular weight is 364 g/mol. The predicted molar refractivity (Wildman–Crippen MR) is 97.1 cm³/mol. The molecule has 0 saturated carbocycles. The molecule has 1 aromatic heterocycles. The minimum Gasteiger partial charge on any atom is -0.337 e. The molecule has 0 aliphatic carbocycles. The number of carbonyl (C=O) groups excluding carboxylic acids is 2. The summed E-state index contributed by atoms with van der Waals surface area (Å²) >= 11 is 7.65. The molecule has 5 nitrogen and oxygen atoms in total. The van der Waals surface area contributed by atoms with Crippen LogP contribution < -0.4 is 10.6 Å². The van der Waals surface area contributed by atoms with Gasteiger partial charge >= 0.3 is 0 Å². The first-order chi connectivity index (χ1) is 11.6. The molecule has 0 spiro atoms. The number of rotatable bonds is 3. The van der Waals surface area contributed by atoms with Gasteiger partial charge in [0, 0.05) is 25.3 Å². The molecule has 2 aromatic rings. The molecule has 0 atom stereocenters. The van der Waals surface area contributed by atoms with Crippen LogP contribution in [0.4, 0.5) is 5.69 Å². The van der Waals surface area contributed by atoms with E-state index in [0.29, 0.717) is 27.7 Å². The highest BCUT2D eigenvalue weighted by Crippen LogP contribution is 2.23.